The molecule has 0 fully saturated rings. The fraction of sp³-hybridized carbons (Fsp3) is 0.917. The van der Waals surface area contributed by atoms with Gasteiger partial charge in [-0.3, -0.25) is 14.1 Å². The van der Waals surface area contributed by atoms with Gasteiger partial charge in [-0.2, -0.15) is 0 Å². The Bertz CT molecular complexity index is 535. The number of esters is 2. The zero-order valence-electron chi connectivity index (χ0n) is 20.8. The second-order valence-corrected chi connectivity index (χ2v) is 9.92. The van der Waals surface area contributed by atoms with Gasteiger partial charge in [-0.15, -0.1) is 0 Å². The maximum Gasteiger partial charge on any atom is 0.469 e. The number of hydrogen-bond acceptors (Lipinski definition) is 6. The first-order chi connectivity index (χ1) is 15.8. The van der Waals surface area contributed by atoms with Crippen molar-refractivity contribution >= 4 is 19.8 Å². The molecule has 0 aliphatic rings. The van der Waals surface area contributed by atoms with Crippen LogP contribution in [-0.2, 0) is 28.2 Å². The SMILES string of the molecule is CCCCCCCCCCCCCC(=O)OC(COC(=O)CCCCCC)COP(=O)(O)O. The summed E-state index contributed by atoms with van der Waals surface area (Å²) in [5, 5.41) is 0. The third-order valence-electron chi connectivity index (χ3n) is 5.38. The lowest BCUT2D eigenvalue weighted by atomic mass is 10.1. The predicted octanol–water partition coefficient (Wildman–Crippen LogP) is 6.22. The zero-order chi connectivity index (χ0) is 24.8. The topological polar surface area (TPSA) is 119 Å². The van der Waals surface area contributed by atoms with Gasteiger partial charge in [0.1, 0.15) is 6.61 Å². The quantitative estimate of drug-likeness (QED) is 0.0975. The van der Waals surface area contributed by atoms with E-state index in [9.17, 15) is 14.2 Å². The van der Waals surface area contributed by atoms with Crippen LogP contribution >= 0.6 is 7.82 Å². The standard InChI is InChI=1S/C24H47O8P/c1-3-5-7-9-10-11-12-13-14-15-17-19-24(26)32-22(21-31-33(27,28)29)20-30-23(25)18-16-8-6-4-2/h22H,3-21H2,1-2H3,(H2,27,28,29). The first-order valence-electron chi connectivity index (χ1n) is 12.8. The summed E-state index contributed by atoms with van der Waals surface area (Å²) in [5.74, 6) is -0.905. The molecule has 0 aliphatic carbocycles. The van der Waals surface area contributed by atoms with Crippen molar-refractivity contribution in [2.24, 2.45) is 0 Å². The maximum atomic E-state index is 12.1. The van der Waals surface area contributed by atoms with Crippen molar-refractivity contribution in [3.05, 3.63) is 0 Å². The first-order valence-corrected chi connectivity index (χ1v) is 14.4. The smallest absolute Gasteiger partial charge is 0.462 e. The molecule has 0 saturated heterocycles. The molecule has 0 saturated carbocycles. The molecule has 9 heteroatoms. The number of unbranched alkanes of at least 4 members (excludes halogenated alkanes) is 13. The molecule has 0 spiro atoms. The molecule has 0 aliphatic heterocycles. The fourth-order valence-electron chi connectivity index (χ4n) is 3.43. The van der Waals surface area contributed by atoms with E-state index in [2.05, 4.69) is 18.4 Å². The van der Waals surface area contributed by atoms with Gasteiger partial charge in [0.2, 0.25) is 0 Å². The molecule has 0 aromatic carbocycles. The minimum atomic E-state index is -4.72. The van der Waals surface area contributed by atoms with Crippen LogP contribution in [0.3, 0.4) is 0 Å². The lowest BCUT2D eigenvalue weighted by Gasteiger charge is -2.18. The third kappa shape index (κ3) is 24.0. The van der Waals surface area contributed by atoms with Gasteiger partial charge in [-0.05, 0) is 12.8 Å². The van der Waals surface area contributed by atoms with Crippen LogP contribution in [0.1, 0.15) is 123 Å². The highest BCUT2D eigenvalue weighted by atomic mass is 31.2. The molecule has 0 bridgehead atoms. The molecule has 2 N–H and O–H groups in total. The number of ether oxygens (including phenoxy) is 2. The molecule has 33 heavy (non-hydrogen) atoms. The second-order valence-electron chi connectivity index (χ2n) is 8.68. The molecule has 1 atom stereocenters. The molecule has 0 amide bonds. The van der Waals surface area contributed by atoms with E-state index in [1.54, 1.807) is 0 Å². The Morgan fingerprint density at radius 3 is 1.58 bits per heavy atom. The summed E-state index contributed by atoms with van der Waals surface area (Å²) in [4.78, 5) is 41.7. The van der Waals surface area contributed by atoms with Gasteiger partial charge in [-0.1, -0.05) is 97.3 Å². The summed E-state index contributed by atoms with van der Waals surface area (Å²) in [6.07, 6.45) is 16.1. The van der Waals surface area contributed by atoms with Crippen LogP contribution in [0.5, 0.6) is 0 Å². The van der Waals surface area contributed by atoms with E-state index in [4.69, 9.17) is 19.3 Å². The number of phosphoric acid groups is 1. The number of phosphoric ester groups is 1. The van der Waals surface area contributed by atoms with E-state index in [-0.39, 0.29) is 19.4 Å². The maximum absolute atomic E-state index is 12.1. The molecule has 0 heterocycles. The molecule has 0 aromatic heterocycles. The van der Waals surface area contributed by atoms with Crippen molar-refractivity contribution in [2.45, 2.75) is 129 Å². The molecule has 0 rings (SSSR count). The molecule has 0 radical (unpaired) electrons. The van der Waals surface area contributed by atoms with Crippen LogP contribution in [0.25, 0.3) is 0 Å². The Balaban J connectivity index is 4.06. The van der Waals surface area contributed by atoms with Gasteiger partial charge in [0.15, 0.2) is 6.10 Å². The summed E-state index contributed by atoms with van der Waals surface area (Å²) in [5.41, 5.74) is 0. The number of carbonyl (C=O) groups excluding carboxylic acids is 2. The van der Waals surface area contributed by atoms with Crippen LogP contribution < -0.4 is 0 Å². The summed E-state index contributed by atoms with van der Waals surface area (Å²) >= 11 is 0. The van der Waals surface area contributed by atoms with Crippen LogP contribution in [0.4, 0.5) is 0 Å². The summed E-state index contributed by atoms with van der Waals surface area (Å²) < 4.78 is 25.8. The number of carbonyl (C=O) groups is 2. The van der Waals surface area contributed by atoms with E-state index in [1.807, 2.05) is 0 Å². The highest BCUT2D eigenvalue weighted by molar-refractivity contribution is 7.46. The van der Waals surface area contributed by atoms with E-state index < -0.39 is 32.5 Å². The molecule has 1 unspecified atom stereocenters. The summed E-state index contributed by atoms with van der Waals surface area (Å²) in [7, 11) is -4.72. The largest absolute Gasteiger partial charge is 0.469 e. The Hall–Kier alpha value is -0.950. The van der Waals surface area contributed by atoms with Crippen LogP contribution in [0, 0.1) is 0 Å². The molecular formula is C24H47O8P. The average Bonchev–Trinajstić information content (AvgIpc) is 2.76. The Morgan fingerprint density at radius 1 is 0.667 bits per heavy atom. The van der Waals surface area contributed by atoms with Gasteiger partial charge in [0.25, 0.3) is 0 Å². The Kier molecular flexibility index (Phi) is 21.0. The van der Waals surface area contributed by atoms with Gasteiger partial charge in [0, 0.05) is 12.8 Å². The molecule has 196 valence electrons. The van der Waals surface area contributed by atoms with E-state index in [1.165, 1.54) is 44.9 Å². The van der Waals surface area contributed by atoms with Crippen LogP contribution in [-0.4, -0.2) is 41.0 Å². The van der Waals surface area contributed by atoms with Crippen LogP contribution in [0.2, 0.25) is 0 Å². The monoisotopic (exact) mass is 494 g/mol. The second kappa shape index (κ2) is 21.6. The predicted molar refractivity (Wildman–Crippen MR) is 129 cm³/mol. The number of rotatable bonds is 23. The normalized spacial score (nSPS) is 12.5. The lowest BCUT2D eigenvalue weighted by molar-refractivity contribution is -0.161. The van der Waals surface area contributed by atoms with Crippen molar-refractivity contribution in [2.75, 3.05) is 13.2 Å². The lowest BCUT2D eigenvalue weighted by Crippen LogP contribution is -2.29. The van der Waals surface area contributed by atoms with Crippen molar-refractivity contribution in [3.8, 4) is 0 Å². The van der Waals surface area contributed by atoms with Gasteiger partial charge in [-0.25, -0.2) is 4.57 Å². The first kappa shape index (κ1) is 32.0. The fourth-order valence-corrected chi connectivity index (χ4v) is 3.79. The molecule has 0 aromatic rings. The van der Waals surface area contributed by atoms with Gasteiger partial charge >= 0.3 is 19.8 Å². The minimum absolute atomic E-state index is 0.217. The van der Waals surface area contributed by atoms with E-state index >= 15 is 0 Å². The Morgan fingerprint density at radius 2 is 1.09 bits per heavy atom. The van der Waals surface area contributed by atoms with Crippen molar-refractivity contribution < 1.29 is 37.9 Å². The highest BCUT2D eigenvalue weighted by Crippen LogP contribution is 2.35. The van der Waals surface area contributed by atoms with Crippen LogP contribution in [0.15, 0.2) is 0 Å². The zero-order valence-corrected chi connectivity index (χ0v) is 21.7. The molecular weight excluding hydrogens is 447 g/mol. The van der Waals surface area contributed by atoms with Crippen molar-refractivity contribution in [1.29, 1.82) is 0 Å². The van der Waals surface area contributed by atoms with Gasteiger partial charge in [0.05, 0.1) is 6.61 Å². The molecule has 8 nitrogen and oxygen atoms in total. The summed E-state index contributed by atoms with van der Waals surface area (Å²) in [6, 6.07) is 0. The highest BCUT2D eigenvalue weighted by Gasteiger charge is 2.22. The number of hydrogen-bond donors (Lipinski definition) is 2. The minimum Gasteiger partial charge on any atom is -0.462 e. The van der Waals surface area contributed by atoms with E-state index in [0.29, 0.717) is 6.42 Å². The van der Waals surface area contributed by atoms with E-state index in [0.717, 1.165) is 44.9 Å². The third-order valence-corrected chi connectivity index (χ3v) is 5.86. The van der Waals surface area contributed by atoms with Crippen molar-refractivity contribution in [3.63, 3.8) is 0 Å². The van der Waals surface area contributed by atoms with Crippen molar-refractivity contribution in [1.82, 2.24) is 0 Å². The Labute approximate surface area is 200 Å². The average molecular weight is 495 g/mol. The summed E-state index contributed by atoms with van der Waals surface area (Å²) in [6.45, 7) is 3.49. The van der Waals surface area contributed by atoms with Gasteiger partial charge < -0.3 is 19.3 Å².